The molecule has 0 saturated carbocycles. The molecule has 59 heavy (non-hydrogen) atoms. The molecule has 1 heteroatoms. The molecular formula is C58H41N. The molecular weight excluding hydrogens is 711 g/mol. The Morgan fingerprint density at radius 1 is 0.356 bits per heavy atom. The van der Waals surface area contributed by atoms with Gasteiger partial charge in [-0.25, -0.2) is 0 Å². The van der Waals surface area contributed by atoms with Crippen molar-refractivity contribution in [2.45, 2.75) is 12.3 Å². The summed E-state index contributed by atoms with van der Waals surface area (Å²) in [7, 11) is 0. The van der Waals surface area contributed by atoms with E-state index in [4.69, 9.17) is 0 Å². The van der Waals surface area contributed by atoms with E-state index in [0.29, 0.717) is 27.5 Å². The predicted octanol–water partition coefficient (Wildman–Crippen LogP) is 15.8. The maximum Gasteiger partial charge on any atom is 0.0645 e. The topological polar surface area (TPSA) is 3.24 Å². The van der Waals surface area contributed by atoms with Crippen LogP contribution in [-0.4, -0.2) is 0 Å². The number of nitrogens with zero attached hydrogens (tertiary/aromatic N) is 1. The zero-order valence-electron chi connectivity index (χ0n) is 44.0. The fourth-order valence-corrected chi connectivity index (χ4v) is 8.71. The van der Waals surface area contributed by atoms with Crippen LogP contribution < -0.4 is 4.90 Å². The van der Waals surface area contributed by atoms with Gasteiger partial charge in [-0.2, -0.15) is 0 Å². The van der Waals surface area contributed by atoms with Crippen molar-refractivity contribution in [3.8, 4) is 44.5 Å². The van der Waals surface area contributed by atoms with Crippen molar-refractivity contribution in [1.29, 1.82) is 0 Å². The second-order valence-electron chi connectivity index (χ2n) is 14.8. The van der Waals surface area contributed by atoms with Gasteiger partial charge < -0.3 is 4.90 Å². The molecule has 1 nitrogen and oxygen atoms in total. The molecule has 1 unspecified atom stereocenters. The van der Waals surface area contributed by atoms with Gasteiger partial charge >= 0.3 is 0 Å². The molecule has 0 radical (unpaired) electrons. The molecule has 0 fully saturated rings. The Labute approximate surface area is 363 Å². The Morgan fingerprint density at radius 2 is 0.746 bits per heavy atom. The first kappa shape index (κ1) is 24.3. The zero-order chi connectivity index (χ0) is 49.8. The predicted molar refractivity (Wildman–Crippen MR) is 250 cm³/mol. The standard InChI is InChI=1S/C58H41N/c1-58(45-18-3-2-4-19-45)55-26-10-9-22-54(55)57-53(25-13-27-56(57)58)44-32-38-48(39-33-44)59(46-34-28-42(29-35-46)51-23-11-16-40-14-5-7-20-49(40)51)47-36-30-43(31-37-47)52-24-12-17-41-15-6-8-21-50(41)52/h2-39H,1H3/i28D,29D,30D,31D,32D,33D,34D,35D,36D,37D,38D,39D. The molecule has 10 aromatic carbocycles. The molecule has 0 aliphatic heterocycles. The van der Waals surface area contributed by atoms with Gasteiger partial charge in [0.15, 0.2) is 0 Å². The molecule has 0 saturated heterocycles. The summed E-state index contributed by atoms with van der Waals surface area (Å²) in [5.41, 5.74) is 3.25. The minimum Gasteiger partial charge on any atom is -0.311 e. The molecule has 0 heterocycles. The van der Waals surface area contributed by atoms with Crippen molar-refractivity contribution >= 4 is 38.6 Å². The third kappa shape index (κ3) is 5.77. The van der Waals surface area contributed by atoms with E-state index < -0.39 is 95.0 Å². The highest BCUT2D eigenvalue weighted by atomic mass is 15.1. The first-order valence-corrected chi connectivity index (χ1v) is 19.5. The fraction of sp³-hybridized carbons (Fsp3) is 0.0345. The highest BCUT2D eigenvalue weighted by molar-refractivity contribution is 5.99. The normalized spacial score (nSPS) is 17.1. The van der Waals surface area contributed by atoms with Crippen LogP contribution in [0.3, 0.4) is 0 Å². The van der Waals surface area contributed by atoms with Gasteiger partial charge in [0, 0.05) is 22.5 Å². The largest absolute Gasteiger partial charge is 0.311 e. The van der Waals surface area contributed by atoms with Crippen molar-refractivity contribution in [3.63, 3.8) is 0 Å². The summed E-state index contributed by atoms with van der Waals surface area (Å²) in [6.07, 6.45) is 0. The van der Waals surface area contributed by atoms with Crippen LogP contribution in [0, 0.1) is 0 Å². The van der Waals surface area contributed by atoms with Crippen molar-refractivity contribution in [2.24, 2.45) is 0 Å². The Bertz CT molecular complexity index is 3650. The van der Waals surface area contributed by atoms with Crippen LogP contribution in [0.4, 0.5) is 17.1 Å². The zero-order valence-corrected chi connectivity index (χ0v) is 32.0. The molecule has 0 spiro atoms. The molecule has 278 valence electrons. The minimum absolute atomic E-state index is 0.0376. The number of rotatable bonds is 7. The van der Waals surface area contributed by atoms with Gasteiger partial charge in [0.25, 0.3) is 0 Å². The Hall–Kier alpha value is -7.48. The quantitative estimate of drug-likeness (QED) is 0.156. The van der Waals surface area contributed by atoms with Crippen molar-refractivity contribution in [2.75, 3.05) is 4.90 Å². The number of hydrogen-bond acceptors (Lipinski definition) is 1. The van der Waals surface area contributed by atoms with Gasteiger partial charge in [0.05, 0.1) is 16.4 Å². The summed E-state index contributed by atoms with van der Waals surface area (Å²) in [5.74, 6) is 0. The third-order valence-corrected chi connectivity index (χ3v) is 11.6. The highest BCUT2D eigenvalue weighted by Crippen LogP contribution is 2.55. The van der Waals surface area contributed by atoms with Gasteiger partial charge in [-0.3, -0.25) is 0 Å². The number of anilines is 3. The van der Waals surface area contributed by atoms with Crippen LogP contribution in [0.15, 0.2) is 230 Å². The minimum atomic E-state index is -0.666. The van der Waals surface area contributed by atoms with Crippen LogP contribution >= 0.6 is 0 Å². The molecule has 0 amide bonds. The Balaban J connectivity index is 1.21. The Morgan fingerprint density at radius 3 is 1.31 bits per heavy atom. The van der Waals surface area contributed by atoms with Crippen LogP contribution in [0.2, 0.25) is 0 Å². The van der Waals surface area contributed by atoms with E-state index in [0.717, 1.165) is 43.5 Å². The first-order chi connectivity index (χ1) is 34.2. The van der Waals surface area contributed by atoms with E-state index in [1.165, 1.54) is 0 Å². The average Bonchev–Trinajstić information content (AvgIpc) is 3.66. The molecule has 0 N–H and O–H groups in total. The maximum absolute atomic E-state index is 9.87. The number of hydrogen-bond donors (Lipinski definition) is 0. The summed E-state index contributed by atoms with van der Waals surface area (Å²) in [6.45, 7) is 2.12. The van der Waals surface area contributed by atoms with Crippen molar-refractivity contribution < 1.29 is 16.4 Å². The van der Waals surface area contributed by atoms with Crippen LogP contribution in [0.25, 0.3) is 66.1 Å². The molecule has 1 atom stereocenters. The molecule has 1 aliphatic carbocycles. The van der Waals surface area contributed by atoms with Crippen LogP contribution in [0.1, 0.15) is 40.1 Å². The fourth-order valence-electron chi connectivity index (χ4n) is 8.71. The summed E-state index contributed by atoms with van der Waals surface area (Å²) in [4.78, 5) is 0.878. The van der Waals surface area contributed by atoms with Gasteiger partial charge in [-0.15, -0.1) is 0 Å². The van der Waals surface area contributed by atoms with E-state index >= 15 is 0 Å². The molecule has 11 rings (SSSR count). The lowest BCUT2D eigenvalue weighted by Crippen LogP contribution is -2.22. The summed E-state index contributed by atoms with van der Waals surface area (Å²) >= 11 is 0. The van der Waals surface area contributed by atoms with Gasteiger partial charge in [-0.1, -0.05) is 194 Å². The average molecular weight is 764 g/mol. The second kappa shape index (κ2) is 14.2. The maximum atomic E-state index is 9.87. The monoisotopic (exact) mass is 763 g/mol. The molecule has 0 aromatic heterocycles. The molecule has 10 aromatic rings. The van der Waals surface area contributed by atoms with Crippen molar-refractivity contribution in [3.05, 3.63) is 247 Å². The lowest BCUT2D eigenvalue weighted by molar-refractivity contribution is 0.714. The molecule has 0 bridgehead atoms. The SMILES string of the molecule is [2H]c1c([2H])c(N(c2c([2H])c([2H])c(-c3cccc4ccccc34)c([2H])c2[2H])c2c([2H])c([2H])c(-c3cccc4ccccc34)c([2H])c2[2H])c([2H])c([2H])c1-c1cccc2c1-c1ccccc1C2(C)c1ccccc1. The van der Waals surface area contributed by atoms with Crippen LogP contribution in [0.5, 0.6) is 0 Å². The summed E-state index contributed by atoms with van der Waals surface area (Å²) in [6, 6.07) is 41.8. The van der Waals surface area contributed by atoms with E-state index in [9.17, 15) is 16.4 Å². The van der Waals surface area contributed by atoms with Crippen molar-refractivity contribution in [1.82, 2.24) is 0 Å². The van der Waals surface area contributed by atoms with Gasteiger partial charge in [0.2, 0.25) is 0 Å². The lowest BCUT2D eigenvalue weighted by Gasteiger charge is -2.28. The van der Waals surface area contributed by atoms with Gasteiger partial charge in [0.1, 0.15) is 0 Å². The summed E-state index contributed by atoms with van der Waals surface area (Å²) in [5, 5.41) is 2.92. The van der Waals surface area contributed by atoms with E-state index in [1.54, 1.807) is 42.5 Å². The second-order valence-corrected chi connectivity index (χ2v) is 14.8. The van der Waals surface area contributed by atoms with E-state index in [1.807, 2.05) is 97.1 Å². The first-order valence-electron chi connectivity index (χ1n) is 25.5. The number of benzene rings is 10. The highest BCUT2D eigenvalue weighted by Gasteiger charge is 2.41. The third-order valence-electron chi connectivity index (χ3n) is 11.6. The van der Waals surface area contributed by atoms with Crippen LogP contribution in [-0.2, 0) is 5.41 Å². The lowest BCUT2D eigenvalue weighted by atomic mass is 9.74. The van der Waals surface area contributed by atoms with E-state index in [2.05, 4.69) is 25.1 Å². The van der Waals surface area contributed by atoms with Gasteiger partial charge in [-0.05, 0) is 126 Å². The number of fused-ring (bicyclic) bond motifs is 5. The molecule has 1 aliphatic rings. The smallest absolute Gasteiger partial charge is 0.0645 e. The summed E-state index contributed by atoms with van der Waals surface area (Å²) < 4.78 is 116. The van der Waals surface area contributed by atoms with E-state index in [-0.39, 0.29) is 16.7 Å². The Kier molecular flexibility index (Phi) is 5.84.